The summed E-state index contributed by atoms with van der Waals surface area (Å²) in [6.07, 6.45) is 5.84. The van der Waals surface area contributed by atoms with Crippen LogP contribution in [0.1, 0.15) is 44.3 Å². The van der Waals surface area contributed by atoms with E-state index in [1.54, 1.807) is 11.9 Å². The summed E-state index contributed by atoms with van der Waals surface area (Å²) in [5.74, 6) is 1.02. The summed E-state index contributed by atoms with van der Waals surface area (Å²) < 4.78 is 0. The number of hydrogen-bond donors (Lipinski definition) is 1. The number of nitrogens with zero attached hydrogens (tertiary/aromatic N) is 3. The normalized spacial score (nSPS) is 15.0. The van der Waals surface area contributed by atoms with E-state index in [-0.39, 0.29) is 18.2 Å². The Morgan fingerprint density at radius 3 is 2.58 bits per heavy atom. The van der Waals surface area contributed by atoms with Gasteiger partial charge in [0, 0.05) is 45.9 Å². The highest BCUT2D eigenvalue weighted by molar-refractivity contribution is 5.83. The molecule has 0 radical (unpaired) electrons. The maximum absolute atomic E-state index is 12.3. The van der Waals surface area contributed by atoms with Crippen LogP contribution in [0.2, 0.25) is 0 Å². The molecule has 1 saturated heterocycles. The smallest absolute Gasteiger partial charge is 0.223 e. The lowest BCUT2D eigenvalue weighted by molar-refractivity contribution is -0.136. The highest BCUT2D eigenvalue weighted by atomic mass is 16.2. The van der Waals surface area contributed by atoms with Gasteiger partial charge in [-0.3, -0.25) is 9.59 Å². The van der Waals surface area contributed by atoms with Crippen LogP contribution < -0.4 is 0 Å². The molecule has 1 N–H and O–H groups in total. The van der Waals surface area contributed by atoms with Gasteiger partial charge in [0.25, 0.3) is 0 Å². The van der Waals surface area contributed by atoms with Gasteiger partial charge in [-0.1, -0.05) is 25.0 Å². The van der Waals surface area contributed by atoms with E-state index in [0.717, 1.165) is 42.8 Å². The number of aromatic amines is 1. The van der Waals surface area contributed by atoms with Crippen LogP contribution in [0.3, 0.4) is 0 Å². The van der Waals surface area contributed by atoms with Crippen molar-refractivity contribution in [2.75, 3.05) is 26.7 Å². The van der Waals surface area contributed by atoms with E-state index >= 15 is 0 Å². The number of aromatic nitrogens is 2. The van der Waals surface area contributed by atoms with Crippen molar-refractivity contribution >= 4 is 22.8 Å². The van der Waals surface area contributed by atoms with Crippen LogP contribution in [-0.2, 0) is 16.0 Å². The molecule has 0 saturated carbocycles. The minimum Gasteiger partial charge on any atom is -0.345 e. The highest BCUT2D eigenvalue weighted by Crippen LogP contribution is 2.13. The number of hydrogen-bond acceptors (Lipinski definition) is 3. The lowest BCUT2D eigenvalue weighted by Crippen LogP contribution is -2.34. The number of rotatable bonds is 6. The molecule has 1 aliphatic rings. The number of nitrogens with one attached hydrogen (secondary N) is 1. The quantitative estimate of drug-likeness (QED) is 0.865. The Morgan fingerprint density at radius 2 is 1.85 bits per heavy atom. The van der Waals surface area contributed by atoms with E-state index in [4.69, 9.17) is 0 Å². The Kier molecular flexibility index (Phi) is 6.26. The molecule has 26 heavy (non-hydrogen) atoms. The van der Waals surface area contributed by atoms with Crippen LogP contribution >= 0.6 is 0 Å². The molecular formula is C20H28N4O2. The summed E-state index contributed by atoms with van der Waals surface area (Å²) in [7, 11) is 1.79. The van der Waals surface area contributed by atoms with Gasteiger partial charge in [0.05, 0.1) is 11.0 Å². The minimum absolute atomic E-state index is 0.0179. The third-order valence-electron chi connectivity index (χ3n) is 5.06. The van der Waals surface area contributed by atoms with Crippen LogP contribution in [-0.4, -0.2) is 58.3 Å². The molecule has 3 rings (SSSR count). The van der Waals surface area contributed by atoms with Crippen LogP contribution in [0.4, 0.5) is 0 Å². The summed E-state index contributed by atoms with van der Waals surface area (Å²) >= 11 is 0. The number of para-hydroxylation sites is 2. The van der Waals surface area contributed by atoms with Crippen LogP contribution in [0.15, 0.2) is 24.3 Å². The van der Waals surface area contributed by atoms with Gasteiger partial charge in [-0.25, -0.2) is 4.98 Å². The number of amides is 2. The van der Waals surface area contributed by atoms with Crippen LogP contribution in [0, 0.1) is 0 Å². The minimum atomic E-state index is 0.0179. The number of likely N-dealkylation sites (N-methyl/N-ethyl adjacent to an activating group) is 1. The molecule has 0 bridgehead atoms. The van der Waals surface area contributed by atoms with Crippen molar-refractivity contribution in [3.05, 3.63) is 30.1 Å². The monoisotopic (exact) mass is 356 g/mol. The molecule has 2 heterocycles. The van der Waals surface area contributed by atoms with Crippen molar-refractivity contribution in [3.63, 3.8) is 0 Å². The van der Waals surface area contributed by atoms with Crippen LogP contribution in [0.5, 0.6) is 0 Å². The van der Waals surface area contributed by atoms with Crippen LogP contribution in [0.25, 0.3) is 11.0 Å². The molecule has 2 amide bonds. The van der Waals surface area contributed by atoms with Gasteiger partial charge in [-0.2, -0.15) is 0 Å². The van der Waals surface area contributed by atoms with Gasteiger partial charge < -0.3 is 14.8 Å². The fraction of sp³-hybridized carbons (Fsp3) is 0.550. The summed E-state index contributed by atoms with van der Waals surface area (Å²) in [5.41, 5.74) is 1.96. The molecule has 0 atom stereocenters. The number of likely N-dealkylation sites (tertiary alicyclic amines) is 1. The molecule has 6 heteroatoms. The first kappa shape index (κ1) is 18.4. The second kappa shape index (κ2) is 8.83. The molecule has 1 aliphatic heterocycles. The van der Waals surface area contributed by atoms with Crippen molar-refractivity contribution in [3.8, 4) is 0 Å². The Labute approximate surface area is 154 Å². The molecule has 140 valence electrons. The zero-order valence-electron chi connectivity index (χ0n) is 15.5. The van der Waals surface area contributed by atoms with Crippen molar-refractivity contribution < 1.29 is 9.59 Å². The van der Waals surface area contributed by atoms with Gasteiger partial charge >= 0.3 is 0 Å². The Bertz CT molecular complexity index is 714. The second-order valence-electron chi connectivity index (χ2n) is 7.06. The van der Waals surface area contributed by atoms with Crippen molar-refractivity contribution in [2.45, 2.75) is 44.9 Å². The molecule has 0 aliphatic carbocycles. The first-order valence-electron chi connectivity index (χ1n) is 9.59. The van der Waals surface area contributed by atoms with E-state index in [9.17, 15) is 9.59 Å². The number of H-pyrrole nitrogens is 1. The molecule has 0 unspecified atom stereocenters. The molecule has 1 fully saturated rings. The Morgan fingerprint density at radius 1 is 1.12 bits per heavy atom. The maximum atomic E-state index is 12.3. The summed E-state index contributed by atoms with van der Waals surface area (Å²) in [6, 6.07) is 7.90. The summed E-state index contributed by atoms with van der Waals surface area (Å²) in [6.45, 7) is 2.28. The topological polar surface area (TPSA) is 69.3 Å². The predicted molar refractivity (Wildman–Crippen MR) is 102 cm³/mol. The molecule has 2 aromatic rings. The first-order chi connectivity index (χ1) is 12.6. The summed E-state index contributed by atoms with van der Waals surface area (Å²) in [4.78, 5) is 36.0. The second-order valence-corrected chi connectivity index (χ2v) is 7.06. The third-order valence-corrected chi connectivity index (χ3v) is 5.06. The first-order valence-corrected chi connectivity index (χ1v) is 9.59. The molecule has 1 aromatic heterocycles. The zero-order valence-corrected chi connectivity index (χ0v) is 15.5. The number of carbonyl (C=O) groups excluding carboxylic acids is 2. The van der Waals surface area contributed by atoms with E-state index in [0.29, 0.717) is 19.4 Å². The van der Waals surface area contributed by atoms with Gasteiger partial charge in [0.15, 0.2) is 0 Å². The zero-order chi connectivity index (χ0) is 18.4. The molecule has 1 aromatic carbocycles. The van der Waals surface area contributed by atoms with E-state index in [2.05, 4.69) is 9.97 Å². The average Bonchev–Trinajstić information content (AvgIpc) is 2.87. The largest absolute Gasteiger partial charge is 0.345 e. The molecule has 0 spiro atoms. The van der Waals surface area contributed by atoms with E-state index in [1.807, 2.05) is 29.2 Å². The summed E-state index contributed by atoms with van der Waals surface area (Å²) in [5, 5.41) is 0. The van der Waals surface area contributed by atoms with Gasteiger partial charge in [0.1, 0.15) is 5.82 Å². The van der Waals surface area contributed by atoms with E-state index in [1.165, 1.54) is 12.8 Å². The molecule has 6 nitrogen and oxygen atoms in total. The van der Waals surface area contributed by atoms with Gasteiger partial charge in [-0.15, -0.1) is 0 Å². The van der Waals surface area contributed by atoms with Crippen molar-refractivity contribution in [2.24, 2.45) is 0 Å². The number of carbonyl (C=O) groups is 2. The van der Waals surface area contributed by atoms with Crippen molar-refractivity contribution in [1.29, 1.82) is 0 Å². The fourth-order valence-corrected chi connectivity index (χ4v) is 3.41. The SMILES string of the molecule is CN(CCc1nc2ccccc2[nH]1)C(=O)CCC(=O)N1CCCCCC1. The Balaban J connectivity index is 1.43. The lowest BCUT2D eigenvalue weighted by atomic mass is 10.2. The third kappa shape index (κ3) is 4.84. The lowest BCUT2D eigenvalue weighted by Gasteiger charge is -2.21. The standard InChI is InChI=1S/C20H28N4O2/c1-23(15-12-18-21-16-8-4-5-9-17(16)22-18)19(25)10-11-20(26)24-13-6-2-3-7-14-24/h4-5,8-9H,2-3,6-7,10-15H2,1H3,(H,21,22). The molecular weight excluding hydrogens is 328 g/mol. The number of imidazole rings is 1. The van der Waals surface area contributed by atoms with E-state index < -0.39 is 0 Å². The maximum Gasteiger partial charge on any atom is 0.223 e. The predicted octanol–water partition coefficient (Wildman–Crippen LogP) is 2.75. The average molecular weight is 356 g/mol. The van der Waals surface area contributed by atoms with Gasteiger partial charge in [0.2, 0.25) is 11.8 Å². The number of fused-ring (bicyclic) bond motifs is 1. The van der Waals surface area contributed by atoms with Crippen molar-refractivity contribution in [1.82, 2.24) is 19.8 Å². The fourth-order valence-electron chi connectivity index (χ4n) is 3.41. The highest BCUT2D eigenvalue weighted by Gasteiger charge is 2.18. The number of benzene rings is 1. The van der Waals surface area contributed by atoms with Gasteiger partial charge in [-0.05, 0) is 25.0 Å². The Hall–Kier alpha value is -2.37.